The van der Waals surface area contributed by atoms with Crippen LogP contribution in [-0.2, 0) is 16.6 Å². The van der Waals surface area contributed by atoms with Crippen LogP contribution in [0.1, 0.15) is 45.7 Å². The van der Waals surface area contributed by atoms with Crippen LogP contribution in [0.4, 0.5) is 0 Å². The molecule has 1 aromatic heterocycles. The molecule has 2 unspecified atom stereocenters. The Morgan fingerprint density at radius 2 is 1.89 bits per heavy atom. The van der Waals surface area contributed by atoms with Crippen molar-refractivity contribution < 1.29 is 8.42 Å². The molecule has 1 aliphatic rings. The molecule has 108 valence electrons. The molecular weight excluding hydrogens is 262 g/mol. The molecule has 2 heterocycles. The highest BCUT2D eigenvalue weighted by molar-refractivity contribution is 7.89. The third-order valence-corrected chi connectivity index (χ3v) is 6.26. The molecule has 1 fully saturated rings. The predicted octanol–water partition coefficient (Wildman–Crippen LogP) is 2.16. The molecule has 1 aromatic rings. The summed E-state index contributed by atoms with van der Waals surface area (Å²) in [5.74, 6) is 0. The third-order valence-electron chi connectivity index (χ3n) is 4.03. The summed E-state index contributed by atoms with van der Waals surface area (Å²) >= 11 is 0. The van der Waals surface area contributed by atoms with Crippen molar-refractivity contribution in [3.05, 3.63) is 11.9 Å². The monoisotopic (exact) mass is 285 g/mol. The van der Waals surface area contributed by atoms with E-state index in [9.17, 15) is 8.42 Å². The molecule has 6 heteroatoms. The second-order valence-electron chi connectivity index (χ2n) is 5.37. The van der Waals surface area contributed by atoms with Crippen molar-refractivity contribution in [1.29, 1.82) is 0 Å². The zero-order valence-electron chi connectivity index (χ0n) is 12.1. The van der Waals surface area contributed by atoms with Crippen LogP contribution < -0.4 is 0 Å². The number of hydrogen-bond acceptors (Lipinski definition) is 3. The second-order valence-corrected chi connectivity index (χ2v) is 7.19. The summed E-state index contributed by atoms with van der Waals surface area (Å²) in [4.78, 5) is 0.356. The summed E-state index contributed by atoms with van der Waals surface area (Å²) in [6, 6.07) is 0.135. The van der Waals surface area contributed by atoms with E-state index in [-0.39, 0.29) is 12.1 Å². The van der Waals surface area contributed by atoms with E-state index in [2.05, 4.69) is 5.10 Å². The van der Waals surface area contributed by atoms with E-state index in [4.69, 9.17) is 0 Å². The molecule has 0 spiro atoms. The number of aromatic nitrogens is 2. The Morgan fingerprint density at radius 1 is 1.32 bits per heavy atom. The SMILES string of the molecule is CCn1ncc(S(=O)(=O)N2C(C)CCCC2C)c1C. The highest BCUT2D eigenvalue weighted by Crippen LogP contribution is 2.30. The smallest absolute Gasteiger partial charge is 0.246 e. The number of nitrogens with zero attached hydrogens (tertiary/aromatic N) is 3. The highest BCUT2D eigenvalue weighted by atomic mass is 32.2. The van der Waals surface area contributed by atoms with E-state index in [0.717, 1.165) is 25.0 Å². The van der Waals surface area contributed by atoms with E-state index in [0.29, 0.717) is 11.4 Å². The third kappa shape index (κ3) is 2.43. The van der Waals surface area contributed by atoms with Crippen molar-refractivity contribution in [2.45, 2.75) is 70.5 Å². The van der Waals surface area contributed by atoms with Crippen LogP contribution in [0, 0.1) is 6.92 Å². The molecule has 0 radical (unpaired) electrons. The van der Waals surface area contributed by atoms with Gasteiger partial charge in [0.2, 0.25) is 10.0 Å². The van der Waals surface area contributed by atoms with Gasteiger partial charge in [-0.05, 0) is 40.5 Å². The first-order valence-corrected chi connectivity index (χ1v) is 8.39. The molecule has 0 aromatic carbocycles. The Labute approximate surface area is 115 Å². The number of rotatable bonds is 3. The lowest BCUT2D eigenvalue weighted by molar-refractivity contribution is 0.204. The van der Waals surface area contributed by atoms with Crippen molar-refractivity contribution in [1.82, 2.24) is 14.1 Å². The zero-order valence-corrected chi connectivity index (χ0v) is 12.9. The molecule has 5 nitrogen and oxygen atoms in total. The summed E-state index contributed by atoms with van der Waals surface area (Å²) in [5.41, 5.74) is 0.729. The van der Waals surface area contributed by atoms with Gasteiger partial charge in [0.1, 0.15) is 4.90 Å². The maximum Gasteiger partial charge on any atom is 0.246 e. The average molecular weight is 285 g/mol. The fourth-order valence-electron chi connectivity index (χ4n) is 2.99. The maximum atomic E-state index is 12.8. The largest absolute Gasteiger partial charge is 0.269 e. The van der Waals surface area contributed by atoms with Gasteiger partial charge in [-0.2, -0.15) is 9.40 Å². The Bertz CT molecular complexity index is 540. The lowest BCUT2D eigenvalue weighted by Gasteiger charge is -2.37. The molecule has 2 atom stereocenters. The van der Waals surface area contributed by atoms with Crippen LogP contribution in [0.15, 0.2) is 11.1 Å². The normalized spacial score (nSPS) is 25.7. The van der Waals surface area contributed by atoms with Gasteiger partial charge in [0.05, 0.1) is 11.9 Å². The zero-order chi connectivity index (χ0) is 14.2. The minimum Gasteiger partial charge on any atom is -0.269 e. The molecule has 19 heavy (non-hydrogen) atoms. The second kappa shape index (κ2) is 5.25. The van der Waals surface area contributed by atoms with Crippen molar-refractivity contribution in [3.8, 4) is 0 Å². The Kier molecular flexibility index (Phi) is 4.01. The lowest BCUT2D eigenvalue weighted by atomic mass is 10.0. The van der Waals surface area contributed by atoms with Gasteiger partial charge in [0.25, 0.3) is 0 Å². The summed E-state index contributed by atoms with van der Waals surface area (Å²) < 4.78 is 29.1. The van der Waals surface area contributed by atoms with Crippen molar-refractivity contribution in [3.63, 3.8) is 0 Å². The summed E-state index contributed by atoms with van der Waals surface area (Å²) in [6.07, 6.45) is 4.46. The topological polar surface area (TPSA) is 55.2 Å². The molecule has 0 aliphatic carbocycles. The fourth-order valence-corrected chi connectivity index (χ4v) is 5.03. The fraction of sp³-hybridized carbons (Fsp3) is 0.769. The van der Waals surface area contributed by atoms with Crippen LogP contribution in [0.5, 0.6) is 0 Å². The van der Waals surface area contributed by atoms with E-state index < -0.39 is 10.0 Å². The van der Waals surface area contributed by atoms with Crippen LogP contribution in [0.25, 0.3) is 0 Å². The average Bonchev–Trinajstić information content (AvgIpc) is 2.70. The minimum atomic E-state index is -3.43. The molecule has 1 saturated heterocycles. The highest BCUT2D eigenvalue weighted by Gasteiger charge is 2.37. The molecule has 1 aliphatic heterocycles. The Morgan fingerprint density at radius 3 is 2.37 bits per heavy atom. The minimum absolute atomic E-state index is 0.0677. The van der Waals surface area contributed by atoms with Gasteiger partial charge in [0, 0.05) is 18.6 Å². The van der Waals surface area contributed by atoms with Gasteiger partial charge < -0.3 is 0 Å². The van der Waals surface area contributed by atoms with Crippen LogP contribution in [0.2, 0.25) is 0 Å². The van der Waals surface area contributed by atoms with E-state index in [1.54, 1.807) is 8.99 Å². The molecule has 0 saturated carbocycles. The number of piperidine rings is 1. The van der Waals surface area contributed by atoms with Crippen molar-refractivity contribution >= 4 is 10.0 Å². The molecule has 0 amide bonds. The van der Waals surface area contributed by atoms with Crippen LogP contribution in [-0.4, -0.2) is 34.6 Å². The first-order chi connectivity index (χ1) is 8.89. The van der Waals surface area contributed by atoms with Crippen molar-refractivity contribution in [2.24, 2.45) is 0 Å². The quantitative estimate of drug-likeness (QED) is 0.855. The molecule has 2 rings (SSSR count). The number of aryl methyl sites for hydroxylation is 1. The van der Waals surface area contributed by atoms with Crippen molar-refractivity contribution in [2.75, 3.05) is 0 Å². The molecule has 0 bridgehead atoms. The van der Waals surface area contributed by atoms with Gasteiger partial charge in [0.15, 0.2) is 0 Å². The van der Waals surface area contributed by atoms with Gasteiger partial charge >= 0.3 is 0 Å². The standard InChI is InChI=1S/C13H23N3O2S/c1-5-15-12(4)13(9-14-15)19(17,18)16-10(2)7-6-8-11(16)3/h9-11H,5-8H2,1-4H3. The van der Waals surface area contributed by atoms with E-state index >= 15 is 0 Å². The summed E-state index contributed by atoms with van der Waals surface area (Å²) in [7, 11) is -3.43. The Balaban J connectivity index is 2.43. The van der Waals surface area contributed by atoms with Gasteiger partial charge in [-0.1, -0.05) is 6.42 Å². The van der Waals surface area contributed by atoms with E-state index in [1.165, 1.54) is 6.20 Å². The number of sulfonamides is 1. The maximum absolute atomic E-state index is 12.8. The van der Waals surface area contributed by atoms with Crippen LogP contribution >= 0.6 is 0 Å². The molecular formula is C13H23N3O2S. The van der Waals surface area contributed by atoms with Gasteiger partial charge in [-0.3, -0.25) is 4.68 Å². The van der Waals surface area contributed by atoms with Gasteiger partial charge in [-0.15, -0.1) is 0 Å². The molecule has 0 N–H and O–H groups in total. The first-order valence-electron chi connectivity index (χ1n) is 6.95. The first kappa shape index (κ1) is 14.5. The van der Waals surface area contributed by atoms with E-state index in [1.807, 2.05) is 27.7 Å². The number of hydrogen-bond donors (Lipinski definition) is 0. The van der Waals surface area contributed by atoms with Crippen LogP contribution in [0.3, 0.4) is 0 Å². The van der Waals surface area contributed by atoms with Gasteiger partial charge in [-0.25, -0.2) is 8.42 Å². The summed E-state index contributed by atoms with van der Waals surface area (Å²) in [5, 5.41) is 4.16. The summed E-state index contributed by atoms with van der Waals surface area (Å²) in [6.45, 7) is 8.46. The lowest BCUT2D eigenvalue weighted by Crippen LogP contribution is -2.47. The Hall–Kier alpha value is -0.880. The predicted molar refractivity (Wildman–Crippen MR) is 74.4 cm³/mol.